The first-order chi connectivity index (χ1) is 11.9. The standard InChI is InChI=1S/C21H28ClNO2/c1-13-5-18(3-4-19(13)22)25-12-20(24)23-14(2)21-9-15-6-16(10-21)8-17(7-15)11-21/h3-5,14-17H,6-12H2,1-2H3,(H,23,24)/t14-,15?,16?,17?,21?/m1/s1. The van der Waals surface area contributed by atoms with Gasteiger partial charge in [-0.3, -0.25) is 4.79 Å². The van der Waals surface area contributed by atoms with Crippen LogP contribution in [-0.4, -0.2) is 18.6 Å². The van der Waals surface area contributed by atoms with Crippen LogP contribution in [0.25, 0.3) is 0 Å². The minimum atomic E-state index is -0.0177. The summed E-state index contributed by atoms with van der Waals surface area (Å²) >= 11 is 6.03. The highest BCUT2D eigenvalue weighted by Crippen LogP contribution is 2.61. The van der Waals surface area contributed by atoms with E-state index < -0.39 is 0 Å². The lowest BCUT2D eigenvalue weighted by Gasteiger charge is -2.59. The van der Waals surface area contributed by atoms with Crippen molar-refractivity contribution in [3.63, 3.8) is 0 Å². The van der Waals surface area contributed by atoms with Gasteiger partial charge >= 0.3 is 0 Å². The fraction of sp³-hybridized carbons (Fsp3) is 0.667. The van der Waals surface area contributed by atoms with Gasteiger partial charge in [-0.1, -0.05) is 11.6 Å². The summed E-state index contributed by atoms with van der Waals surface area (Å²) in [5.74, 6) is 3.38. The van der Waals surface area contributed by atoms with Crippen molar-refractivity contribution in [2.24, 2.45) is 23.2 Å². The third-order valence-electron chi connectivity index (χ3n) is 6.88. The topological polar surface area (TPSA) is 38.3 Å². The lowest BCUT2D eigenvalue weighted by atomic mass is 9.48. The summed E-state index contributed by atoms with van der Waals surface area (Å²) in [6.45, 7) is 4.21. The monoisotopic (exact) mass is 361 g/mol. The largest absolute Gasteiger partial charge is 0.484 e. The average Bonchev–Trinajstić information content (AvgIpc) is 2.54. The van der Waals surface area contributed by atoms with Crippen molar-refractivity contribution in [3.05, 3.63) is 28.8 Å². The molecule has 5 rings (SSSR count). The van der Waals surface area contributed by atoms with Gasteiger partial charge < -0.3 is 10.1 Å². The summed E-state index contributed by atoms with van der Waals surface area (Å²) < 4.78 is 5.65. The smallest absolute Gasteiger partial charge is 0.258 e. The normalized spacial score (nSPS) is 34.0. The van der Waals surface area contributed by atoms with Crippen LogP contribution < -0.4 is 10.1 Å². The molecule has 1 amide bonds. The zero-order valence-corrected chi connectivity index (χ0v) is 15.9. The van der Waals surface area contributed by atoms with Crippen molar-refractivity contribution in [2.45, 2.75) is 58.4 Å². The molecule has 0 radical (unpaired) electrons. The van der Waals surface area contributed by atoms with Crippen LogP contribution in [0, 0.1) is 30.1 Å². The van der Waals surface area contributed by atoms with Crippen LogP contribution in [0.3, 0.4) is 0 Å². The van der Waals surface area contributed by atoms with Gasteiger partial charge in [-0.15, -0.1) is 0 Å². The molecule has 1 aromatic carbocycles. The Bertz CT molecular complexity index is 637. The van der Waals surface area contributed by atoms with Gasteiger partial charge in [0.1, 0.15) is 5.75 Å². The Morgan fingerprint density at radius 1 is 1.24 bits per heavy atom. The van der Waals surface area contributed by atoms with Crippen LogP contribution in [0.2, 0.25) is 5.02 Å². The van der Waals surface area contributed by atoms with Gasteiger partial charge in [0.05, 0.1) is 0 Å². The lowest BCUT2D eigenvalue weighted by molar-refractivity contribution is -0.127. The summed E-state index contributed by atoms with van der Waals surface area (Å²) in [5, 5.41) is 3.96. The van der Waals surface area contributed by atoms with E-state index in [2.05, 4.69) is 12.2 Å². The fourth-order valence-electron chi connectivity index (χ4n) is 6.00. The van der Waals surface area contributed by atoms with E-state index in [0.717, 1.165) is 23.3 Å². The number of hydrogen-bond donors (Lipinski definition) is 1. The van der Waals surface area contributed by atoms with Crippen LogP contribution in [-0.2, 0) is 4.79 Å². The molecule has 1 aromatic rings. The maximum atomic E-state index is 12.4. The number of rotatable bonds is 5. The van der Waals surface area contributed by atoms with Crippen molar-refractivity contribution in [2.75, 3.05) is 6.61 Å². The molecule has 4 aliphatic carbocycles. The summed E-state index contributed by atoms with van der Waals surface area (Å²) in [7, 11) is 0. The molecule has 25 heavy (non-hydrogen) atoms. The van der Waals surface area contributed by atoms with Gasteiger partial charge in [0.25, 0.3) is 5.91 Å². The van der Waals surface area contributed by atoms with Crippen molar-refractivity contribution < 1.29 is 9.53 Å². The molecular formula is C21H28ClNO2. The third-order valence-corrected chi connectivity index (χ3v) is 7.31. The molecule has 136 valence electrons. The Hall–Kier alpha value is -1.22. The van der Waals surface area contributed by atoms with E-state index in [0.29, 0.717) is 16.2 Å². The minimum Gasteiger partial charge on any atom is -0.484 e. The maximum Gasteiger partial charge on any atom is 0.258 e. The van der Waals surface area contributed by atoms with Crippen molar-refractivity contribution >= 4 is 17.5 Å². The Morgan fingerprint density at radius 2 is 1.84 bits per heavy atom. The van der Waals surface area contributed by atoms with E-state index in [1.807, 2.05) is 25.1 Å². The molecule has 0 heterocycles. The first kappa shape index (κ1) is 17.2. The van der Waals surface area contributed by atoms with E-state index in [9.17, 15) is 4.79 Å². The Balaban J connectivity index is 1.34. The zero-order valence-electron chi connectivity index (χ0n) is 15.2. The van der Waals surface area contributed by atoms with Crippen molar-refractivity contribution in [1.82, 2.24) is 5.32 Å². The van der Waals surface area contributed by atoms with E-state index in [-0.39, 0.29) is 18.6 Å². The maximum absolute atomic E-state index is 12.4. The molecule has 1 atom stereocenters. The van der Waals surface area contributed by atoms with Crippen LogP contribution in [0.1, 0.15) is 51.0 Å². The number of nitrogens with one attached hydrogen (secondary N) is 1. The van der Waals surface area contributed by atoms with E-state index >= 15 is 0 Å². The average molecular weight is 362 g/mol. The third kappa shape index (κ3) is 3.40. The summed E-state index contributed by atoms with van der Waals surface area (Å²) in [4.78, 5) is 12.4. The molecule has 4 heteroatoms. The molecule has 0 unspecified atom stereocenters. The molecule has 4 aliphatic rings. The first-order valence-corrected chi connectivity index (χ1v) is 10.00. The highest BCUT2D eigenvalue weighted by atomic mass is 35.5. The summed E-state index contributed by atoms with van der Waals surface area (Å²) in [5.41, 5.74) is 1.29. The van der Waals surface area contributed by atoms with Crippen molar-refractivity contribution in [1.29, 1.82) is 0 Å². The number of carbonyl (C=O) groups excluding carboxylic acids is 1. The van der Waals surface area contributed by atoms with Gasteiger partial charge in [-0.05, 0) is 99.3 Å². The number of benzene rings is 1. The molecule has 4 saturated carbocycles. The van der Waals surface area contributed by atoms with Gasteiger partial charge in [0.15, 0.2) is 6.61 Å². The molecule has 0 saturated heterocycles. The first-order valence-electron chi connectivity index (χ1n) is 9.62. The number of halogens is 1. The van der Waals surface area contributed by atoms with Gasteiger partial charge in [0.2, 0.25) is 0 Å². The molecule has 4 bridgehead atoms. The number of amides is 1. The quantitative estimate of drug-likeness (QED) is 0.821. The molecule has 0 aliphatic heterocycles. The van der Waals surface area contributed by atoms with Crippen LogP contribution in [0.15, 0.2) is 18.2 Å². The molecule has 3 nitrogen and oxygen atoms in total. The Morgan fingerprint density at radius 3 is 2.40 bits per heavy atom. The van der Waals surface area contributed by atoms with Gasteiger partial charge in [-0.2, -0.15) is 0 Å². The highest BCUT2D eigenvalue weighted by molar-refractivity contribution is 6.31. The van der Waals surface area contributed by atoms with Gasteiger partial charge in [0, 0.05) is 11.1 Å². The summed E-state index contributed by atoms with van der Waals surface area (Å²) in [6, 6.07) is 5.73. The fourth-order valence-corrected chi connectivity index (χ4v) is 6.12. The molecule has 4 fully saturated rings. The zero-order chi connectivity index (χ0) is 17.6. The van der Waals surface area contributed by atoms with Crippen molar-refractivity contribution in [3.8, 4) is 5.75 Å². The van der Waals surface area contributed by atoms with E-state index in [1.165, 1.54) is 38.5 Å². The minimum absolute atomic E-state index is 0.0177. The van der Waals surface area contributed by atoms with Crippen LogP contribution >= 0.6 is 11.6 Å². The number of hydrogen-bond acceptors (Lipinski definition) is 2. The predicted octanol–water partition coefficient (Wildman–Crippen LogP) is 4.75. The van der Waals surface area contributed by atoms with Crippen LogP contribution in [0.4, 0.5) is 0 Å². The summed E-state index contributed by atoms with van der Waals surface area (Å²) in [6.07, 6.45) is 8.20. The Kier molecular flexibility index (Phi) is 4.47. The van der Waals surface area contributed by atoms with Crippen LogP contribution in [0.5, 0.6) is 5.75 Å². The highest BCUT2D eigenvalue weighted by Gasteiger charge is 2.53. The van der Waals surface area contributed by atoms with E-state index in [1.54, 1.807) is 0 Å². The second kappa shape index (κ2) is 6.50. The SMILES string of the molecule is Cc1cc(OCC(=O)N[C@H](C)C23CC4CC(CC(C4)C2)C3)ccc1Cl. The number of ether oxygens (including phenoxy) is 1. The lowest BCUT2D eigenvalue weighted by Crippen LogP contribution is -2.56. The molecule has 1 N–H and O–H groups in total. The second-order valence-electron chi connectivity index (χ2n) is 8.77. The van der Waals surface area contributed by atoms with E-state index in [4.69, 9.17) is 16.3 Å². The number of aryl methyl sites for hydroxylation is 1. The second-order valence-corrected chi connectivity index (χ2v) is 9.18. The number of carbonyl (C=O) groups is 1. The predicted molar refractivity (Wildman–Crippen MR) is 99.9 cm³/mol. The molecule has 0 aromatic heterocycles. The molecule has 0 spiro atoms. The Labute approximate surface area is 155 Å². The van der Waals surface area contributed by atoms with Gasteiger partial charge in [-0.25, -0.2) is 0 Å². The molecular weight excluding hydrogens is 334 g/mol.